The van der Waals surface area contributed by atoms with E-state index in [2.05, 4.69) is 16.0 Å². The third-order valence-corrected chi connectivity index (χ3v) is 6.95. The maximum Gasteiger partial charge on any atom is 0.259 e. The summed E-state index contributed by atoms with van der Waals surface area (Å²) in [5.74, 6) is 0.725. The highest BCUT2D eigenvalue weighted by atomic mass is 32.1. The second-order valence-electron chi connectivity index (χ2n) is 7.90. The van der Waals surface area contributed by atoms with Gasteiger partial charge in [0.05, 0.1) is 38.1 Å². The molecule has 1 aliphatic carbocycles. The Bertz CT molecular complexity index is 984. The van der Waals surface area contributed by atoms with Crippen molar-refractivity contribution in [3.8, 4) is 11.5 Å². The average molecular weight is 460 g/mol. The molecule has 0 radical (unpaired) electrons. The van der Waals surface area contributed by atoms with E-state index in [0.29, 0.717) is 34.3 Å². The molecule has 1 aromatic carbocycles. The lowest BCUT2D eigenvalue weighted by Gasteiger charge is -2.14. The van der Waals surface area contributed by atoms with Crippen molar-refractivity contribution in [2.45, 2.75) is 38.2 Å². The summed E-state index contributed by atoms with van der Waals surface area (Å²) < 4.78 is 16.2. The molecule has 1 atom stereocenters. The number of benzene rings is 1. The highest BCUT2D eigenvalue weighted by molar-refractivity contribution is 7.17. The molecule has 0 spiro atoms. The molecule has 8 nitrogen and oxygen atoms in total. The van der Waals surface area contributed by atoms with Gasteiger partial charge in [-0.25, -0.2) is 0 Å². The fourth-order valence-corrected chi connectivity index (χ4v) is 5.44. The predicted molar refractivity (Wildman–Crippen MR) is 124 cm³/mol. The summed E-state index contributed by atoms with van der Waals surface area (Å²) in [7, 11) is 3.12. The number of methoxy groups -OCH3 is 2. The molecular weight excluding hydrogens is 430 g/mol. The Morgan fingerprint density at radius 2 is 2.03 bits per heavy atom. The van der Waals surface area contributed by atoms with Gasteiger partial charge in [-0.05, 0) is 49.8 Å². The van der Waals surface area contributed by atoms with Crippen LogP contribution in [-0.2, 0) is 22.4 Å². The zero-order valence-corrected chi connectivity index (χ0v) is 19.2. The van der Waals surface area contributed by atoms with Gasteiger partial charge in [0.15, 0.2) is 0 Å². The van der Waals surface area contributed by atoms with Crippen LogP contribution in [0.25, 0.3) is 0 Å². The van der Waals surface area contributed by atoms with Gasteiger partial charge in [0.2, 0.25) is 5.91 Å². The molecule has 2 aromatic rings. The highest BCUT2D eigenvalue weighted by Crippen LogP contribution is 2.40. The van der Waals surface area contributed by atoms with Crippen LogP contribution in [0.3, 0.4) is 0 Å². The summed E-state index contributed by atoms with van der Waals surface area (Å²) in [4.78, 5) is 27.0. The first kappa shape index (κ1) is 22.6. The Balaban J connectivity index is 1.46. The predicted octanol–water partition coefficient (Wildman–Crippen LogP) is 3.21. The Labute approximate surface area is 191 Å². The molecule has 0 saturated carbocycles. The number of thiophene rings is 1. The molecule has 2 amide bonds. The van der Waals surface area contributed by atoms with E-state index >= 15 is 0 Å². The molecule has 32 heavy (non-hydrogen) atoms. The largest absolute Gasteiger partial charge is 0.497 e. The van der Waals surface area contributed by atoms with E-state index in [9.17, 15) is 9.59 Å². The summed E-state index contributed by atoms with van der Waals surface area (Å²) in [6, 6.07) is 5.23. The fraction of sp³-hybridized carbons (Fsp3) is 0.478. The average Bonchev–Trinajstić information content (AvgIpc) is 3.52. The molecule has 4 rings (SSSR count). The van der Waals surface area contributed by atoms with Crippen molar-refractivity contribution in [2.75, 3.05) is 44.5 Å². The molecular formula is C23H29N3O5S. The zero-order valence-electron chi connectivity index (χ0n) is 18.4. The number of nitrogens with one attached hydrogen (secondary N) is 3. The number of carbonyl (C=O) groups is 2. The first-order valence-corrected chi connectivity index (χ1v) is 11.7. The van der Waals surface area contributed by atoms with Crippen molar-refractivity contribution >= 4 is 33.8 Å². The fourth-order valence-electron chi connectivity index (χ4n) is 4.14. The van der Waals surface area contributed by atoms with Gasteiger partial charge in [0, 0.05) is 24.1 Å². The van der Waals surface area contributed by atoms with Crippen LogP contribution in [0.4, 0.5) is 10.7 Å². The van der Waals surface area contributed by atoms with Crippen LogP contribution >= 0.6 is 11.3 Å². The first-order chi connectivity index (χ1) is 15.6. The van der Waals surface area contributed by atoms with Gasteiger partial charge in [0.25, 0.3) is 5.91 Å². The number of amides is 2. The number of ether oxygens (including phenoxy) is 3. The Hall–Kier alpha value is -2.62. The molecule has 1 aromatic heterocycles. The van der Waals surface area contributed by atoms with Crippen LogP contribution in [0.15, 0.2) is 18.2 Å². The monoisotopic (exact) mass is 459 g/mol. The Kier molecular flexibility index (Phi) is 7.29. The number of hydrogen-bond acceptors (Lipinski definition) is 7. The molecule has 0 unspecified atom stereocenters. The van der Waals surface area contributed by atoms with E-state index < -0.39 is 0 Å². The van der Waals surface area contributed by atoms with Crippen LogP contribution in [-0.4, -0.2) is 51.8 Å². The summed E-state index contributed by atoms with van der Waals surface area (Å²) in [6.07, 6.45) is 5.04. The van der Waals surface area contributed by atoms with Gasteiger partial charge in [-0.1, -0.05) is 0 Å². The lowest BCUT2D eigenvalue weighted by Crippen LogP contribution is -2.33. The molecule has 3 N–H and O–H groups in total. The van der Waals surface area contributed by atoms with Crippen LogP contribution < -0.4 is 25.4 Å². The number of anilines is 2. The lowest BCUT2D eigenvalue weighted by atomic mass is 10.1. The van der Waals surface area contributed by atoms with Gasteiger partial charge in [-0.15, -0.1) is 11.3 Å². The van der Waals surface area contributed by atoms with E-state index in [1.807, 2.05) is 0 Å². The van der Waals surface area contributed by atoms with E-state index in [-0.39, 0.29) is 24.5 Å². The standard InChI is InChI=1S/C23H29N3O5S/c1-29-14-8-9-17(18(11-14)30-2)25-22(28)21-16-6-3-7-19(16)32-23(21)26-20(27)13-24-12-15-5-4-10-31-15/h8-9,11,15,24H,3-7,10,12-13H2,1-2H3,(H,25,28)(H,26,27)/t15-/m0/s1. The topological polar surface area (TPSA) is 97.9 Å². The summed E-state index contributed by atoms with van der Waals surface area (Å²) in [5, 5.41) is 9.64. The number of rotatable bonds is 9. The number of carbonyl (C=O) groups excluding carboxylic acids is 2. The van der Waals surface area contributed by atoms with Crippen LogP contribution in [0, 0.1) is 0 Å². The minimum atomic E-state index is -0.254. The lowest BCUT2D eigenvalue weighted by molar-refractivity contribution is -0.115. The second kappa shape index (κ2) is 10.3. The molecule has 172 valence electrons. The van der Waals surface area contributed by atoms with Crippen LogP contribution in [0.2, 0.25) is 0 Å². The maximum atomic E-state index is 13.3. The number of fused-ring (bicyclic) bond motifs is 1. The minimum Gasteiger partial charge on any atom is -0.497 e. The van der Waals surface area contributed by atoms with E-state index in [1.165, 1.54) is 16.2 Å². The van der Waals surface area contributed by atoms with Gasteiger partial charge in [0.1, 0.15) is 16.5 Å². The normalized spacial score (nSPS) is 17.1. The quantitative estimate of drug-likeness (QED) is 0.533. The van der Waals surface area contributed by atoms with Gasteiger partial charge in [-0.3, -0.25) is 9.59 Å². The molecule has 1 saturated heterocycles. The van der Waals surface area contributed by atoms with E-state index in [4.69, 9.17) is 14.2 Å². The summed E-state index contributed by atoms with van der Waals surface area (Å²) >= 11 is 1.49. The van der Waals surface area contributed by atoms with Gasteiger partial charge < -0.3 is 30.2 Å². The third-order valence-electron chi connectivity index (χ3n) is 5.74. The number of aryl methyl sites for hydroxylation is 1. The first-order valence-electron chi connectivity index (χ1n) is 10.9. The highest BCUT2D eigenvalue weighted by Gasteiger charge is 2.28. The molecule has 2 aliphatic rings. The van der Waals surface area contributed by atoms with Crippen molar-refractivity contribution in [1.82, 2.24) is 5.32 Å². The van der Waals surface area contributed by atoms with Crippen molar-refractivity contribution in [2.24, 2.45) is 0 Å². The Morgan fingerprint density at radius 3 is 2.78 bits per heavy atom. The zero-order chi connectivity index (χ0) is 22.5. The van der Waals surface area contributed by atoms with Crippen molar-refractivity contribution in [3.05, 3.63) is 34.2 Å². The third kappa shape index (κ3) is 5.06. The maximum absolute atomic E-state index is 13.3. The number of hydrogen-bond donors (Lipinski definition) is 3. The smallest absolute Gasteiger partial charge is 0.259 e. The van der Waals surface area contributed by atoms with E-state index in [1.54, 1.807) is 32.4 Å². The van der Waals surface area contributed by atoms with Crippen molar-refractivity contribution in [3.63, 3.8) is 0 Å². The molecule has 0 bridgehead atoms. The summed E-state index contributed by atoms with van der Waals surface area (Å²) in [6.45, 7) is 1.62. The van der Waals surface area contributed by atoms with Crippen molar-refractivity contribution < 1.29 is 23.8 Å². The Morgan fingerprint density at radius 1 is 1.16 bits per heavy atom. The second-order valence-corrected chi connectivity index (χ2v) is 9.00. The van der Waals surface area contributed by atoms with E-state index in [0.717, 1.165) is 44.3 Å². The molecule has 1 aliphatic heterocycles. The van der Waals surface area contributed by atoms with Crippen LogP contribution in [0.5, 0.6) is 11.5 Å². The molecule has 9 heteroatoms. The molecule has 2 heterocycles. The SMILES string of the molecule is COc1ccc(NC(=O)c2c(NC(=O)CNC[C@@H]3CCCO3)sc3c2CCC3)c(OC)c1. The van der Waals surface area contributed by atoms with Gasteiger partial charge in [-0.2, -0.15) is 0 Å². The van der Waals surface area contributed by atoms with Crippen LogP contribution in [0.1, 0.15) is 40.1 Å². The molecule has 1 fully saturated rings. The minimum absolute atomic E-state index is 0.168. The van der Waals surface area contributed by atoms with Gasteiger partial charge >= 0.3 is 0 Å². The van der Waals surface area contributed by atoms with Crippen molar-refractivity contribution in [1.29, 1.82) is 0 Å². The summed E-state index contributed by atoms with van der Waals surface area (Å²) in [5.41, 5.74) is 2.13.